The summed E-state index contributed by atoms with van der Waals surface area (Å²) < 4.78 is 44.1. The molecule has 0 aliphatic carbocycles. The van der Waals surface area contributed by atoms with Crippen LogP contribution in [0.5, 0.6) is 0 Å². The van der Waals surface area contributed by atoms with Gasteiger partial charge in [-0.05, 0) is 17.7 Å². The Bertz CT molecular complexity index is 592. The molecular formula is C13H14ClF3N4O2. The van der Waals surface area contributed by atoms with Crippen molar-refractivity contribution in [2.24, 2.45) is 16.8 Å². The van der Waals surface area contributed by atoms with Crippen molar-refractivity contribution in [3.8, 4) is 0 Å². The fourth-order valence-electron chi connectivity index (χ4n) is 2.04. The molecule has 0 saturated carbocycles. The first-order valence-corrected chi connectivity index (χ1v) is 6.94. The molecule has 4 N–H and O–H groups in total. The largest absolute Gasteiger partial charge is 0.460 e. The molecule has 0 bridgehead atoms. The summed E-state index contributed by atoms with van der Waals surface area (Å²) in [6.07, 6.45) is -4.65. The van der Waals surface area contributed by atoms with Crippen LogP contribution in [0.2, 0.25) is 5.02 Å². The Morgan fingerprint density at radius 1 is 1.43 bits per heavy atom. The molecule has 1 heterocycles. The van der Waals surface area contributed by atoms with Crippen LogP contribution in [-0.4, -0.2) is 30.7 Å². The van der Waals surface area contributed by atoms with Gasteiger partial charge in [0.2, 0.25) is 5.96 Å². The van der Waals surface area contributed by atoms with Crippen LogP contribution in [0, 0.1) is 5.92 Å². The number of halogens is 4. The smallest absolute Gasteiger partial charge is 0.409 e. The summed E-state index contributed by atoms with van der Waals surface area (Å²) in [6.45, 7) is -0.529. The minimum atomic E-state index is -4.65. The van der Waals surface area contributed by atoms with E-state index in [1.807, 2.05) is 5.43 Å². The van der Waals surface area contributed by atoms with Gasteiger partial charge in [-0.15, -0.1) is 0 Å². The number of carbonyl (C=O) groups excluding carboxylic acids is 1. The van der Waals surface area contributed by atoms with Crippen LogP contribution in [0.4, 0.5) is 13.2 Å². The molecule has 23 heavy (non-hydrogen) atoms. The second kappa shape index (κ2) is 7.05. The third-order valence-electron chi connectivity index (χ3n) is 3.23. The van der Waals surface area contributed by atoms with Crippen molar-refractivity contribution >= 4 is 23.5 Å². The number of benzene rings is 1. The van der Waals surface area contributed by atoms with Gasteiger partial charge in [-0.25, -0.2) is 5.84 Å². The molecule has 0 fully saturated rings. The number of hydrogen-bond donors (Lipinski definition) is 3. The van der Waals surface area contributed by atoms with Crippen molar-refractivity contribution in [2.75, 3.05) is 6.54 Å². The number of hydrogen-bond acceptors (Lipinski definition) is 6. The van der Waals surface area contributed by atoms with Gasteiger partial charge in [0.1, 0.15) is 18.6 Å². The lowest BCUT2D eigenvalue weighted by atomic mass is 9.98. The summed E-state index contributed by atoms with van der Waals surface area (Å²) in [5.74, 6) is 2.33. The van der Waals surface area contributed by atoms with Crippen molar-refractivity contribution in [2.45, 2.75) is 18.8 Å². The van der Waals surface area contributed by atoms with E-state index in [0.29, 0.717) is 10.6 Å². The molecule has 1 aliphatic rings. The number of nitrogens with zero attached hydrogens (tertiary/aromatic N) is 1. The standard InChI is InChI=1S/C13H14ClF3N4O2/c14-8-3-1-7(2-4-8)6-23-11(22)9-5-19-12(21-18)20-10(9)13(15,16)17/h1-4,9-10H,5-6,18H2,(H2,19,20,21). The van der Waals surface area contributed by atoms with Crippen molar-refractivity contribution in [3.63, 3.8) is 0 Å². The first kappa shape index (κ1) is 17.4. The zero-order valence-corrected chi connectivity index (χ0v) is 12.5. The number of rotatable bonds is 3. The van der Waals surface area contributed by atoms with Crippen LogP contribution in [0.15, 0.2) is 29.3 Å². The highest BCUT2D eigenvalue weighted by Crippen LogP contribution is 2.28. The first-order chi connectivity index (χ1) is 10.8. The average Bonchev–Trinajstić information content (AvgIpc) is 2.52. The Morgan fingerprint density at radius 3 is 2.65 bits per heavy atom. The lowest BCUT2D eigenvalue weighted by molar-refractivity contribution is -0.180. The fraction of sp³-hybridized carbons (Fsp3) is 0.385. The molecule has 0 saturated heterocycles. The second-order valence-corrected chi connectivity index (χ2v) is 5.27. The van der Waals surface area contributed by atoms with Gasteiger partial charge >= 0.3 is 12.1 Å². The van der Waals surface area contributed by atoms with Crippen LogP contribution in [0.3, 0.4) is 0 Å². The molecule has 1 aliphatic heterocycles. The fourth-order valence-corrected chi connectivity index (χ4v) is 2.16. The normalized spacial score (nSPS) is 21.2. The molecule has 0 spiro atoms. The molecule has 2 unspecified atom stereocenters. The zero-order valence-electron chi connectivity index (χ0n) is 11.7. The Labute approximate surface area is 134 Å². The number of aliphatic imine (C=N–C) groups is 1. The van der Waals surface area contributed by atoms with Crippen molar-refractivity contribution < 1.29 is 22.7 Å². The third-order valence-corrected chi connectivity index (χ3v) is 3.48. The predicted octanol–water partition coefficient (Wildman–Crippen LogP) is 1.35. The summed E-state index contributed by atoms with van der Waals surface area (Å²) in [5.41, 5.74) is 2.62. The van der Waals surface area contributed by atoms with Crippen molar-refractivity contribution in [3.05, 3.63) is 34.9 Å². The molecular weight excluding hydrogens is 337 g/mol. The van der Waals surface area contributed by atoms with Crippen LogP contribution in [0.25, 0.3) is 0 Å². The van der Waals surface area contributed by atoms with Crippen molar-refractivity contribution in [1.82, 2.24) is 10.7 Å². The summed E-state index contributed by atoms with van der Waals surface area (Å²) in [5, 5.41) is 2.55. The average molecular weight is 351 g/mol. The number of esters is 1. The summed E-state index contributed by atoms with van der Waals surface area (Å²) in [7, 11) is 0. The van der Waals surface area contributed by atoms with Gasteiger partial charge in [0.25, 0.3) is 0 Å². The SMILES string of the molecule is NNC1=NCC(C(=O)OCc2ccc(Cl)cc2)C(C(F)(F)F)N1. The van der Waals surface area contributed by atoms with E-state index in [1.165, 1.54) is 0 Å². The second-order valence-electron chi connectivity index (χ2n) is 4.84. The first-order valence-electron chi connectivity index (χ1n) is 6.56. The molecule has 0 aromatic heterocycles. The van der Waals surface area contributed by atoms with E-state index in [9.17, 15) is 18.0 Å². The highest BCUT2D eigenvalue weighted by molar-refractivity contribution is 6.30. The summed E-state index contributed by atoms with van der Waals surface area (Å²) in [4.78, 5) is 15.7. The van der Waals surface area contributed by atoms with Gasteiger partial charge < -0.3 is 10.1 Å². The highest BCUT2D eigenvalue weighted by atomic mass is 35.5. The molecule has 0 amide bonds. The number of hydrazine groups is 1. The van der Waals surface area contributed by atoms with E-state index in [1.54, 1.807) is 24.3 Å². The van der Waals surface area contributed by atoms with E-state index < -0.39 is 24.1 Å². The molecule has 10 heteroatoms. The summed E-state index contributed by atoms with van der Waals surface area (Å²) in [6, 6.07) is 4.29. The number of carbonyl (C=O) groups is 1. The lowest BCUT2D eigenvalue weighted by Gasteiger charge is -2.31. The lowest BCUT2D eigenvalue weighted by Crippen LogP contribution is -2.60. The molecule has 0 radical (unpaired) electrons. The Hall–Kier alpha value is -2.00. The van der Waals surface area contributed by atoms with Gasteiger partial charge in [0.15, 0.2) is 0 Å². The third kappa shape index (κ3) is 4.49. The van der Waals surface area contributed by atoms with Gasteiger partial charge in [-0.3, -0.25) is 15.2 Å². The number of nitrogens with two attached hydrogens (primary N) is 1. The van der Waals surface area contributed by atoms with E-state index in [4.69, 9.17) is 22.2 Å². The number of nitrogens with one attached hydrogen (secondary N) is 2. The van der Waals surface area contributed by atoms with Gasteiger partial charge in [0.05, 0.1) is 6.54 Å². The maximum absolute atomic E-state index is 13.1. The monoisotopic (exact) mass is 350 g/mol. The predicted molar refractivity (Wildman–Crippen MR) is 77.3 cm³/mol. The van der Waals surface area contributed by atoms with Crippen LogP contribution < -0.4 is 16.6 Å². The molecule has 126 valence electrons. The minimum absolute atomic E-state index is 0.150. The highest BCUT2D eigenvalue weighted by Gasteiger charge is 2.50. The Kier molecular flexibility index (Phi) is 5.32. The van der Waals surface area contributed by atoms with Crippen LogP contribution in [-0.2, 0) is 16.1 Å². The minimum Gasteiger partial charge on any atom is -0.460 e. The van der Waals surface area contributed by atoms with Gasteiger partial charge in [-0.2, -0.15) is 13.2 Å². The van der Waals surface area contributed by atoms with Crippen LogP contribution in [0.1, 0.15) is 5.56 Å². The topological polar surface area (TPSA) is 88.7 Å². The quantitative estimate of drug-likeness (QED) is 0.435. The van der Waals surface area contributed by atoms with Gasteiger partial charge in [-0.1, -0.05) is 23.7 Å². The van der Waals surface area contributed by atoms with Crippen LogP contribution >= 0.6 is 11.6 Å². The maximum atomic E-state index is 13.1. The molecule has 6 nitrogen and oxygen atoms in total. The van der Waals surface area contributed by atoms with Gasteiger partial charge in [0, 0.05) is 5.02 Å². The summed E-state index contributed by atoms with van der Waals surface area (Å²) >= 11 is 5.72. The van der Waals surface area contributed by atoms with E-state index in [2.05, 4.69) is 10.3 Å². The van der Waals surface area contributed by atoms with E-state index in [0.717, 1.165) is 0 Å². The number of ether oxygens (including phenoxy) is 1. The Balaban J connectivity index is 2.04. The molecule has 1 aromatic carbocycles. The number of alkyl halides is 3. The molecule has 2 rings (SSSR count). The van der Waals surface area contributed by atoms with E-state index in [-0.39, 0.29) is 19.1 Å². The molecule has 1 aromatic rings. The Morgan fingerprint density at radius 2 is 2.09 bits per heavy atom. The molecule has 2 atom stereocenters. The van der Waals surface area contributed by atoms with E-state index >= 15 is 0 Å². The number of guanidine groups is 1. The maximum Gasteiger partial charge on any atom is 0.409 e. The van der Waals surface area contributed by atoms with Crippen molar-refractivity contribution in [1.29, 1.82) is 0 Å². The zero-order chi connectivity index (χ0) is 17.0.